The molecular weight excluding hydrogens is 292 g/mol. The summed E-state index contributed by atoms with van der Waals surface area (Å²) in [7, 11) is 0. The molecule has 0 radical (unpaired) electrons. The van der Waals surface area contributed by atoms with Gasteiger partial charge >= 0.3 is 0 Å². The Morgan fingerprint density at radius 2 is 1.52 bits per heavy atom. The van der Waals surface area contributed by atoms with Crippen LogP contribution < -0.4 is 0 Å². The van der Waals surface area contributed by atoms with Crippen LogP contribution in [0.15, 0.2) is 49.1 Å². The van der Waals surface area contributed by atoms with Gasteiger partial charge in [0.05, 0.1) is 0 Å². The minimum absolute atomic E-state index is 0.00492. The van der Waals surface area contributed by atoms with Gasteiger partial charge in [-0.25, -0.2) is 20.4 Å². The van der Waals surface area contributed by atoms with E-state index in [-0.39, 0.29) is 5.78 Å². The molecule has 23 heavy (non-hydrogen) atoms. The van der Waals surface area contributed by atoms with Crippen LogP contribution >= 0.6 is 0 Å². The number of nitrogens with one attached hydrogen (secondary N) is 2. The van der Waals surface area contributed by atoms with E-state index < -0.39 is 0 Å². The molecule has 0 fully saturated rings. The Hall–Kier alpha value is -3.39. The summed E-state index contributed by atoms with van der Waals surface area (Å²) in [6.07, 6.45) is 2.87. The van der Waals surface area contributed by atoms with E-state index in [1.807, 2.05) is 31.2 Å². The van der Waals surface area contributed by atoms with Crippen molar-refractivity contribution in [2.24, 2.45) is 0 Å². The maximum Gasteiger partial charge on any atom is 0.231 e. The van der Waals surface area contributed by atoms with Crippen LogP contribution in [0.25, 0.3) is 22.3 Å². The highest BCUT2D eigenvalue weighted by Gasteiger charge is 2.25. The fourth-order valence-electron chi connectivity index (χ4n) is 2.53. The van der Waals surface area contributed by atoms with E-state index in [2.05, 4.69) is 18.7 Å². The first-order chi connectivity index (χ1) is 11.1. The molecule has 0 saturated heterocycles. The van der Waals surface area contributed by atoms with E-state index in [9.17, 15) is 4.79 Å². The molecule has 114 valence electrons. The first-order valence-corrected chi connectivity index (χ1v) is 6.55. The zero-order chi connectivity index (χ0) is 17.4. The molecule has 0 atom stereocenters. The molecule has 2 aromatic carbocycles. The van der Waals surface area contributed by atoms with Crippen molar-refractivity contribution >= 4 is 17.9 Å². The van der Waals surface area contributed by atoms with Crippen LogP contribution in [0.1, 0.15) is 15.9 Å². The van der Waals surface area contributed by atoms with Crippen molar-refractivity contribution in [1.82, 2.24) is 0 Å². The number of carbonyl (C=O) groups excluding carboxylic acids is 3. The predicted octanol–water partition coefficient (Wildman–Crippen LogP) is 3.81. The van der Waals surface area contributed by atoms with Crippen LogP contribution in [0, 0.1) is 17.7 Å². The number of isocyanates is 2. The zero-order valence-corrected chi connectivity index (χ0v) is 12.5. The number of ketones is 1. The number of hydrogen-bond acceptors (Lipinski definition) is 5. The fourth-order valence-corrected chi connectivity index (χ4v) is 2.53. The third-order valence-corrected chi connectivity index (χ3v) is 3.40. The standard InChI is InChI=1S/C16H12O.2CHNO/c1-3-15(17)11-8-9-14-12-6-4-5-7-13(12)16(14)10(11)2;2*2-1-3/h3-9H,1H2,2H3;2*2H. The number of rotatable bonds is 2. The first-order valence-electron chi connectivity index (χ1n) is 6.55. The smallest absolute Gasteiger partial charge is 0.231 e. The van der Waals surface area contributed by atoms with Crippen LogP contribution in [-0.4, -0.2) is 17.9 Å². The van der Waals surface area contributed by atoms with Crippen LogP contribution in [0.3, 0.4) is 0 Å². The maximum atomic E-state index is 11.7. The van der Waals surface area contributed by atoms with Gasteiger partial charge < -0.3 is 0 Å². The van der Waals surface area contributed by atoms with Crippen LogP contribution in [0.2, 0.25) is 0 Å². The number of fused-ring (bicyclic) bond motifs is 4. The largest absolute Gasteiger partial charge is 0.289 e. The van der Waals surface area contributed by atoms with Gasteiger partial charge in [-0.2, -0.15) is 0 Å². The highest BCUT2D eigenvalue weighted by atomic mass is 16.1. The molecule has 0 saturated carbocycles. The van der Waals surface area contributed by atoms with Crippen molar-refractivity contribution in [3.8, 4) is 22.3 Å². The summed E-state index contributed by atoms with van der Waals surface area (Å²) >= 11 is 0. The van der Waals surface area contributed by atoms with Gasteiger partial charge in [0.25, 0.3) is 0 Å². The molecule has 0 amide bonds. The summed E-state index contributed by atoms with van der Waals surface area (Å²) < 4.78 is 0. The van der Waals surface area contributed by atoms with E-state index in [0.29, 0.717) is 0 Å². The molecule has 5 heteroatoms. The van der Waals surface area contributed by atoms with Crippen molar-refractivity contribution in [3.63, 3.8) is 0 Å². The molecule has 1 aliphatic rings. The monoisotopic (exact) mass is 306 g/mol. The van der Waals surface area contributed by atoms with Crippen LogP contribution in [-0.2, 0) is 9.59 Å². The Kier molecular flexibility index (Phi) is 6.26. The number of hydrogen-bond donors (Lipinski definition) is 2. The highest BCUT2D eigenvalue weighted by Crippen LogP contribution is 2.49. The second-order valence-corrected chi connectivity index (χ2v) is 4.48. The zero-order valence-electron chi connectivity index (χ0n) is 12.5. The Labute approximate surface area is 133 Å². The first kappa shape index (κ1) is 17.7. The summed E-state index contributed by atoms with van der Waals surface area (Å²) in [4.78, 5) is 28.4. The molecule has 0 aliphatic heterocycles. The molecule has 2 N–H and O–H groups in total. The van der Waals surface area contributed by atoms with E-state index in [1.54, 1.807) is 0 Å². The second kappa shape index (κ2) is 8.15. The predicted molar refractivity (Wildman–Crippen MR) is 87.0 cm³/mol. The normalized spacial score (nSPS) is 8.91. The molecule has 0 unspecified atom stereocenters. The minimum atomic E-state index is -0.00492. The molecule has 1 aliphatic carbocycles. The summed E-state index contributed by atoms with van der Waals surface area (Å²) in [5, 5.41) is 10.8. The lowest BCUT2D eigenvalue weighted by Gasteiger charge is -2.26. The minimum Gasteiger partial charge on any atom is -0.289 e. The lowest BCUT2D eigenvalue weighted by molar-refractivity contribution is 0.104. The van der Waals surface area contributed by atoms with Gasteiger partial charge in [0, 0.05) is 5.56 Å². The van der Waals surface area contributed by atoms with Gasteiger partial charge in [-0.15, -0.1) is 0 Å². The van der Waals surface area contributed by atoms with Gasteiger partial charge in [0.2, 0.25) is 12.2 Å². The topological polar surface area (TPSA) is 98.9 Å². The molecule has 0 spiro atoms. The summed E-state index contributed by atoms with van der Waals surface area (Å²) in [6, 6.07) is 12.2. The number of allylic oxidation sites excluding steroid dienone is 1. The summed E-state index contributed by atoms with van der Waals surface area (Å²) in [6.45, 7) is 5.55. The van der Waals surface area contributed by atoms with E-state index >= 15 is 0 Å². The van der Waals surface area contributed by atoms with Crippen molar-refractivity contribution in [1.29, 1.82) is 10.8 Å². The highest BCUT2D eigenvalue weighted by molar-refractivity contribution is 6.11. The van der Waals surface area contributed by atoms with Gasteiger partial charge in [-0.3, -0.25) is 4.79 Å². The SMILES string of the molecule is C=CC(=O)c1ccc2c(c1C)-c1ccccc1-2.N=C=O.N=C=O. The maximum absolute atomic E-state index is 11.7. The number of carbonyl (C=O) groups is 1. The van der Waals surface area contributed by atoms with Crippen molar-refractivity contribution in [2.75, 3.05) is 0 Å². The molecular formula is C18H14N2O3. The van der Waals surface area contributed by atoms with Crippen LogP contribution in [0.5, 0.6) is 0 Å². The van der Waals surface area contributed by atoms with E-state index in [1.165, 1.54) is 28.3 Å². The molecule has 0 bridgehead atoms. The number of benzene rings is 2. The fraction of sp³-hybridized carbons (Fsp3) is 0.0556. The van der Waals surface area contributed by atoms with E-state index in [4.69, 9.17) is 20.4 Å². The summed E-state index contributed by atoms with van der Waals surface area (Å²) in [5.74, 6) is -0.00492. The van der Waals surface area contributed by atoms with E-state index in [0.717, 1.165) is 23.3 Å². The third kappa shape index (κ3) is 3.44. The van der Waals surface area contributed by atoms with Gasteiger partial charge in [-0.05, 0) is 40.8 Å². The lowest BCUT2D eigenvalue weighted by atomic mass is 9.76. The molecule has 0 aromatic heterocycles. The van der Waals surface area contributed by atoms with Gasteiger partial charge in [0.1, 0.15) is 0 Å². The van der Waals surface area contributed by atoms with Gasteiger partial charge in [0.15, 0.2) is 5.78 Å². The lowest BCUT2D eigenvalue weighted by Crippen LogP contribution is -2.06. The molecule has 2 aromatic rings. The van der Waals surface area contributed by atoms with Crippen molar-refractivity contribution in [2.45, 2.75) is 6.92 Å². The van der Waals surface area contributed by atoms with Crippen LogP contribution in [0.4, 0.5) is 0 Å². The Bertz CT molecular complexity index is 814. The quantitative estimate of drug-likeness (QED) is 0.326. The second-order valence-electron chi connectivity index (χ2n) is 4.48. The average molecular weight is 306 g/mol. The van der Waals surface area contributed by atoms with Crippen molar-refractivity contribution in [3.05, 3.63) is 60.2 Å². The Morgan fingerprint density at radius 3 is 2.04 bits per heavy atom. The Balaban J connectivity index is 0.000000387. The molecule has 5 nitrogen and oxygen atoms in total. The van der Waals surface area contributed by atoms with Gasteiger partial charge in [-0.1, -0.05) is 43.0 Å². The molecule has 3 rings (SSSR count). The summed E-state index contributed by atoms with van der Waals surface area (Å²) in [5.41, 5.74) is 6.81. The third-order valence-electron chi connectivity index (χ3n) is 3.40. The Morgan fingerprint density at radius 1 is 1.00 bits per heavy atom. The average Bonchev–Trinajstić information content (AvgIpc) is 2.53. The molecule has 0 heterocycles. The van der Waals surface area contributed by atoms with Crippen molar-refractivity contribution < 1.29 is 14.4 Å².